The van der Waals surface area contributed by atoms with Crippen LogP contribution in [-0.4, -0.2) is 50.9 Å². The maximum Gasteiger partial charge on any atom is 0.261 e. The van der Waals surface area contributed by atoms with Crippen LogP contribution in [0.4, 0.5) is 0 Å². The van der Waals surface area contributed by atoms with Gasteiger partial charge in [-0.1, -0.05) is 30.3 Å². The number of hydrogen-bond acceptors (Lipinski definition) is 4. The molecule has 0 spiro atoms. The van der Waals surface area contributed by atoms with Crippen LogP contribution in [0.1, 0.15) is 48.6 Å². The molecule has 1 fully saturated rings. The molecule has 0 bridgehead atoms. The highest BCUT2D eigenvalue weighted by Gasteiger charge is 2.32. The molecular weight excluding hydrogens is 388 g/mol. The molecule has 1 aliphatic rings. The summed E-state index contributed by atoms with van der Waals surface area (Å²) in [7, 11) is 0. The van der Waals surface area contributed by atoms with Crippen molar-refractivity contribution >= 4 is 16.8 Å². The summed E-state index contributed by atoms with van der Waals surface area (Å²) in [4.78, 5) is 35.3. The Morgan fingerprint density at radius 1 is 1.13 bits per heavy atom. The van der Waals surface area contributed by atoms with Gasteiger partial charge in [-0.3, -0.25) is 19.1 Å². The molecule has 4 rings (SSSR count). The molecule has 2 aromatic carbocycles. The van der Waals surface area contributed by atoms with E-state index in [1.165, 1.54) is 0 Å². The Labute approximate surface area is 183 Å². The Morgan fingerprint density at radius 3 is 2.55 bits per heavy atom. The fourth-order valence-electron chi connectivity index (χ4n) is 4.58. The zero-order valence-corrected chi connectivity index (χ0v) is 18.7. The van der Waals surface area contributed by atoms with E-state index in [1.807, 2.05) is 67.3 Å². The smallest absolute Gasteiger partial charge is 0.261 e. The third-order valence-electron chi connectivity index (χ3n) is 6.42. The van der Waals surface area contributed by atoms with Gasteiger partial charge < -0.3 is 4.90 Å². The number of hydrogen-bond donors (Lipinski definition) is 0. The summed E-state index contributed by atoms with van der Waals surface area (Å²) in [5.74, 6) is 0.879. The topological polar surface area (TPSA) is 58.4 Å². The number of benzene rings is 2. The fourth-order valence-corrected chi connectivity index (χ4v) is 4.58. The molecule has 2 heterocycles. The average molecular weight is 419 g/mol. The number of fused-ring (bicyclic) bond motifs is 1. The number of para-hydroxylation sites is 1. The summed E-state index contributed by atoms with van der Waals surface area (Å²) in [5.41, 5.74) is 2.52. The standard InChI is InChI=1S/C25H30N4O2/c1-5-28-23(26-22-13-9-8-12-21(22)25(28)31)19(4)27-14-15-29(18(3)16-27)24(30)20-11-7-6-10-17(20)2/h6-13,18-19H,5,14-16H2,1-4H3. The van der Waals surface area contributed by atoms with Crippen LogP contribution in [0, 0.1) is 6.92 Å². The molecule has 0 radical (unpaired) electrons. The second kappa shape index (κ2) is 8.63. The number of aryl methyl sites for hydroxylation is 1. The Morgan fingerprint density at radius 2 is 1.84 bits per heavy atom. The van der Waals surface area contributed by atoms with Gasteiger partial charge in [-0.15, -0.1) is 0 Å². The number of rotatable bonds is 4. The summed E-state index contributed by atoms with van der Waals surface area (Å²) in [6.07, 6.45) is 0. The highest BCUT2D eigenvalue weighted by Crippen LogP contribution is 2.24. The van der Waals surface area contributed by atoms with E-state index in [0.29, 0.717) is 18.5 Å². The molecule has 1 aliphatic heterocycles. The molecule has 3 aromatic rings. The summed E-state index contributed by atoms with van der Waals surface area (Å²) >= 11 is 0. The molecule has 0 aliphatic carbocycles. The molecule has 2 atom stereocenters. The third kappa shape index (κ3) is 3.88. The summed E-state index contributed by atoms with van der Waals surface area (Å²) in [5, 5.41) is 0.655. The maximum absolute atomic E-state index is 13.1. The summed E-state index contributed by atoms with van der Waals surface area (Å²) < 4.78 is 1.78. The van der Waals surface area contributed by atoms with Gasteiger partial charge in [0, 0.05) is 37.8 Å². The van der Waals surface area contributed by atoms with Gasteiger partial charge in [-0.2, -0.15) is 0 Å². The molecule has 0 N–H and O–H groups in total. The normalized spacial score (nSPS) is 18.3. The van der Waals surface area contributed by atoms with Crippen LogP contribution in [-0.2, 0) is 6.54 Å². The van der Waals surface area contributed by atoms with Gasteiger partial charge in [-0.25, -0.2) is 4.98 Å². The molecule has 6 heteroatoms. The van der Waals surface area contributed by atoms with Crippen molar-refractivity contribution in [2.75, 3.05) is 19.6 Å². The molecule has 162 valence electrons. The van der Waals surface area contributed by atoms with Crippen LogP contribution < -0.4 is 5.56 Å². The molecule has 1 aromatic heterocycles. The maximum atomic E-state index is 13.1. The zero-order chi connectivity index (χ0) is 22.1. The highest BCUT2D eigenvalue weighted by atomic mass is 16.2. The molecule has 31 heavy (non-hydrogen) atoms. The van der Waals surface area contributed by atoms with Gasteiger partial charge in [0.1, 0.15) is 5.82 Å². The SMILES string of the molecule is CCn1c(C(C)N2CCN(C(=O)c3ccccc3C)C(C)C2)nc2ccccc2c1=O. The first-order chi connectivity index (χ1) is 14.9. The number of amides is 1. The fraction of sp³-hybridized carbons (Fsp3) is 0.400. The highest BCUT2D eigenvalue weighted by molar-refractivity contribution is 5.95. The van der Waals surface area contributed by atoms with Crippen LogP contribution in [0.5, 0.6) is 0 Å². The van der Waals surface area contributed by atoms with Crippen molar-refractivity contribution in [3.05, 3.63) is 75.8 Å². The Balaban J connectivity index is 1.58. The van der Waals surface area contributed by atoms with E-state index >= 15 is 0 Å². The van der Waals surface area contributed by atoms with Gasteiger partial charge >= 0.3 is 0 Å². The van der Waals surface area contributed by atoms with Gasteiger partial charge in [0.2, 0.25) is 0 Å². The molecule has 6 nitrogen and oxygen atoms in total. The number of piperazine rings is 1. The number of carbonyl (C=O) groups excluding carboxylic acids is 1. The van der Waals surface area contributed by atoms with Crippen molar-refractivity contribution in [1.82, 2.24) is 19.4 Å². The van der Waals surface area contributed by atoms with E-state index in [9.17, 15) is 9.59 Å². The quantitative estimate of drug-likeness (QED) is 0.649. The second-order valence-corrected chi connectivity index (χ2v) is 8.37. The van der Waals surface area contributed by atoms with Gasteiger partial charge in [-0.05, 0) is 51.5 Å². The summed E-state index contributed by atoms with van der Waals surface area (Å²) in [6.45, 7) is 10.9. The van der Waals surface area contributed by atoms with E-state index < -0.39 is 0 Å². The molecule has 0 saturated carbocycles. The van der Waals surface area contributed by atoms with E-state index in [0.717, 1.165) is 35.6 Å². The number of nitrogens with zero attached hydrogens (tertiary/aromatic N) is 4. The van der Waals surface area contributed by atoms with Crippen LogP contribution >= 0.6 is 0 Å². The van der Waals surface area contributed by atoms with E-state index in [-0.39, 0.29) is 23.6 Å². The zero-order valence-electron chi connectivity index (χ0n) is 18.7. The van der Waals surface area contributed by atoms with Crippen LogP contribution in [0.15, 0.2) is 53.3 Å². The Kier molecular flexibility index (Phi) is 5.92. The molecule has 1 saturated heterocycles. The van der Waals surface area contributed by atoms with Crippen LogP contribution in [0.2, 0.25) is 0 Å². The van der Waals surface area contributed by atoms with Crippen LogP contribution in [0.3, 0.4) is 0 Å². The number of aromatic nitrogens is 2. The predicted molar refractivity (Wildman–Crippen MR) is 123 cm³/mol. The summed E-state index contributed by atoms with van der Waals surface area (Å²) in [6, 6.07) is 15.3. The van der Waals surface area contributed by atoms with Gasteiger partial charge in [0.15, 0.2) is 0 Å². The first-order valence-electron chi connectivity index (χ1n) is 11.0. The van der Waals surface area contributed by atoms with Crippen molar-refractivity contribution in [3.8, 4) is 0 Å². The molecule has 1 amide bonds. The molecule has 2 unspecified atom stereocenters. The van der Waals surface area contributed by atoms with Gasteiger partial charge in [0.25, 0.3) is 11.5 Å². The Hall–Kier alpha value is -2.99. The van der Waals surface area contributed by atoms with Crippen LogP contribution in [0.25, 0.3) is 10.9 Å². The largest absolute Gasteiger partial charge is 0.333 e. The van der Waals surface area contributed by atoms with E-state index in [4.69, 9.17) is 4.98 Å². The third-order valence-corrected chi connectivity index (χ3v) is 6.42. The van der Waals surface area contributed by atoms with Crippen molar-refractivity contribution < 1.29 is 4.79 Å². The second-order valence-electron chi connectivity index (χ2n) is 8.37. The van der Waals surface area contributed by atoms with Crippen molar-refractivity contribution in [1.29, 1.82) is 0 Å². The van der Waals surface area contributed by atoms with E-state index in [1.54, 1.807) is 4.57 Å². The monoisotopic (exact) mass is 418 g/mol. The van der Waals surface area contributed by atoms with Crippen molar-refractivity contribution in [2.24, 2.45) is 0 Å². The first kappa shape index (κ1) is 21.2. The van der Waals surface area contributed by atoms with Crippen molar-refractivity contribution in [3.63, 3.8) is 0 Å². The predicted octanol–water partition coefficient (Wildman–Crippen LogP) is 3.63. The first-order valence-corrected chi connectivity index (χ1v) is 11.0. The van der Waals surface area contributed by atoms with E-state index in [2.05, 4.69) is 18.7 Å². The lowest BCUT2D eigenvalue weighted by atomic mass is 10.0. The lowest BCUT2D eigenvalue weighted by molar-refractivity contribution is 0.0390. The minimum absolute atomic E-state index is 0.0105. The Bertz CT molecular complexity index is 1170. The molecular formula is C25H30N4O2. The minimum Gasteiger partial charge on any atom is -0.333 e. The average Bonchev–Trinajstić information content (AvgIpc) is 2.78. The van der Waals surface area contributed by atoms with Gasteiger partial charge in [0.05, 0.1) is 16.9 Å². The minimum atomic E-state index is -0.0181. The lowest BCUT2D eigenvalue weighted by Crippen LogP contribution is -2.54. The lowest BCUT2D eigenvalue weighted by Gasteiger charge is -2.42. The van der Waals surface area contributed by atoms with Crippen molar-refractivity contribution in [2.45, 2.75) is 46.3 Å². The number of carbonyl (C=O) groups is 1.